The van der Waals surface area contributed by atoms with Crippen molar-refractivity contribution >= 4 is 38.6 Å². The van der Waals surface area contributed by atoms with E-state index in [-0.39, 0.29) is 23.5 Å². The van der Waals surface area contributed by atoms with Crippen LogP contribution in [0.1, 0.15) is 29.9 Å². The van der Waals surface area contributed by atoms with Crippen LogP contribution in [-0.2, 0) is 26.2 Å². The third-order valence-electron chi connectivity index (χ3n) is 7.06. The minimum atomic E-state index is -3.67. The second kappa shape index (κ2) is 15.8. The molecule has 2 aromatic heterocycles. The summed E-state index contributed by atoms with van der Waals surface area (Å²) in [6, 6.07) is 18.8. The lowest BCUT2D eigenvalue weighted by Crippen LogP contribution is -2.34. The van der Waals surface area contributed by atoms with Gasteiger partial charge in [0.05, 0.1) is 36.8 Å². The van der Waals surface area contributed by atoms with Gasteiger partial charge in [-0.3, -0.25) is 28.6 Å². The summed E-state index contributed by atoms with van der Waals surface area (Å²) in [5.41, 5.74) is 6.45. The number of rotatable bonds is 10. The fourth-order valence-electron chi connectivity index (χ4n) is 4.83. The Kier molecular flexibility index (Phi) is 11.7. The molecule has 0 aliphatic rings. The zero-order valence-electron chi connectivity index (χ0n) is 27.8. The number of fused-ring (bicyclic) bond motifs is 1. The second-order valence-corrected chi connectivity index (χ2v) is 12.6. The fourth-order valence-corrected chi connectivity index (χ4v) is 4.83. The number of aromatic nitrogens is 3. The molecule has 2 unspecified atom stereocenters. The average molecular weight is 710 g/mol. The SMILES string of the molecule is COc1ccc2c(Oc3ccc(NC(=O)c4c(C)n(CC(C)OC(=O)C(C)N)n(-c5ccccc5)c4=O)cc3F)ccnc2c1.CS(=O)(=O)O. The molecule has 0 aliphatic heterocycles. The van der Waals surface area contributed by atoms with Gasteiger partial charge in [-0.05, 0) is 63.2 Å². The van der Waals surface area contributed by atoms with Crippen molar-refractivity contribution in [1.82, 2.24) is 14.3 Å². The van der Waals surface area contributed by atoms with Crippen molar-refractivity contribution in [2.45, 2.75) is 39.5 Å². The van der Waals surface area contributed by atoms with Crippen LogP contribution in [0.4, 0.5) is 10.1 Å². The third kappa shape index (κ3) is 9.31. The van der Waals surface area contributed by atoms with Crippen LogP contribution < -0.4 is 26.1 Å². The van der Waals surface area contributed by atoms with Crippen molar-refractivity contribution in [3.63, 3.8) is 0 Å². The fraction of sp³-hybridized carbons (Fsp3) is 0.235. The van der Waals surface area contributed by atoms with Crippen molar-refractivity contribution in [3.05, 3.63) is 106 Å². The molecular weight excluding hydrogens is 673 g/mol. The topological polar surface area (TPSA) is 194 Å². The molecule has 5 aromatic rings. The molecule has 3 aromatic carbocycles. The van der Waals surface area contributed by atoms with E-state index in [4.69, 9.17) is 24.5 Å². The molecule has 0 spiro atoms. The van der Waals surface area contributed by atoms with Gasteiger partial charge >= 0.3 is 5.97 Å². The Morgan fingerprint density at radius 1 is 1.04 bits per heavy atom. The van der Waals surface area contributed by atoms with E-state index in [1.807, 2.05) is 0 Å². The summed E-state index contributed by atoms with van der Waals surface area (Å²) >= 11 is 0. The van der Waals surface area contributed by atoms with Crippen molar-refractivity contribution < 1.29 is 41.2 Å². The highest BCUT2D eigenvalue weighted by molar-refractivity contribution is 7.85. The van der Waals surface area contributed by atoms with Crippen molar-refractivity contribution in [3.8, 4) is 22.9 Å². The highest BCUT2D eigenvalue weighted by Gasteiger charge is 2.26. The highest BCUT2D eigenvalue weighted by atomic mass is 32.2. The molecule has 0 radical (unpaired) electrons. The lowest BCUT2D eigenvalue weighted by Gasteiger charge is -2.19. The number of carbonyl (C=O) groups is 2. The van der Waals surface area contributed by atoms with Crippen LogP contribution in [0.25, 0.3) is 16.6 Å². The summed E-state index contributed by atoms with van der Waals surface area (Å²) in [5.74, 6) is -1.11. The number of para-hydroxylation sites is 1. The molecule has 0 saturated carbocycles. The molecule has 264 valence electrons. The molecular formula is C34H36FN5O9S. The summed E-state index contributed by atoms with van der Waals surface area (Å²) in [4.78, 5) is 43.5. The molecule has 50 heavy (non-hydrogen) atoms. The predicted molar refractivity (Wildman–Crippen MR) is 184 cm³/mol. The number of amides is 1. The van der Waals surface area contributed by atoms with Crippen LogP contribution in [0.2, 0.25) is 0 Å². The molecule has 1 amide bonds. The second-order valence-electron chi connectivity index (χ2n) is 11.2. The summed E-state index contributed by atoms with van der Waals surface area (Å²) in [7, 11) is -2.11. The first-order chi connectivity index (χ1) is 23.6. The standard InChI is InChI=1S/C33H32FN5O6.CH4O3S/c1-19(44-33(42)20(2)35)18-38-21(3)30(32(41)39(38)23-8-6-5-7-9-23)31(40)37-22-10-13-29(26(34)16-22)45-28-14-15-36-27-17-24(43-4)11-12-25(27)28;1-5(2,3)4/h5-17,19-20H,18,35H2,1-4H3,(H,37,40);1H3,(H,2,3,4). The number of nitrogens with zero attached hydrogens (tertiary/aromatic N) is 3. The number of esters is 1. The number of anilines is 1. The maximum absolute atomic E-state index is 15.2. The summed E-state index contributed by atoms with van der Waals surface area (Å²) in [6.07, 6.45) is 1.59. The zero-order chi connectivity index (χ0) is 36.7. The monoisotopic (exact) mass is 709 g/mol. The van der Waals surface area contributed by atoms with E-state index >= 15 is 4.39 Å². The van der Waals surface area contributed by atoms with Gasteiger partial charge in [0.25, 0.3) is 21.6 Å². The number of benzene rings is 3. The number of pyridine rings is 1. The molecule has 5 rings (SSSR count). The highest BCUT2D eigenvalue weighted by Crippen LogP contribution is 2.33. The lowest BCUT2D eigenvalue weighted by atomic mass is 10.2. The number of hydrogen-bond acceptors (Lipinski definition) is 10. The van der Waals surface area contributed by atoms with Crippen molar-refractivity contribution in [2.75, 3.05) is 18.7 Å². The number of hydrogen-bond donors (Lipinski definition) is 3. The van der Waals surface area contributed by atoms with E-state index in [1.165, 1.54) is 23.7 Å². The van der Waals surface area contributed by atoms with E-state index in [0.29, 0.717) is 40.0 Å². The van der Waals surface area contributed by atoms with Crippen LogP contribution >= 0.6 is 0 Å². The number of methoxy groups -OCH3 is 1. The molecule has 0 aliphatic carbocycles. The molecule has 2 atom stereocenters. The minimum absolute atomic E-state index is 0.0683. The van der Waals surface area contributed by atoms with Crippen molar-refractivity contribution in [2.24, 2.45) is 5.73 Å². The lowest BCUT2D eigenvalue weighted by molar-refractivity contribution is -0.150. The largest absolute Gasteiger partial charge is 0.497 e. The molecule has 16 heteroatoms. The molecule has 0 fully saturated rings. The number of nitrogens with one attached hydrogen (secondary N) is 1. The van der Waals surface area contributed by atoms with Gasteiger partial charge in [-0.1, -0.05) is 18.2 Å². The summed E-state index contributed by atoms with van der Waals surface area (Å²) in [6.45, 7) is 4.86. The van der Waals surface area contributed by atoms with Gasteiger partial charge in [0.1, 0.15) is 29.2 Å². The molecule has 4 N–H and O–H groups in total. The Labute approximate surface area is 286 Å². The average Bonchev–Trinajstić information content (AvgIpc) is 3.29. The first kappa shape index (κ1) is 37.2. The molecule has 0 saturated heterocycles. The molecule has 0 bridgehead atoms. The summed E-state index contributed by atoms with van der Waals surface area (Å²) < 4.78 is 60.5. The van der Waals surface area contributed by atoms with Gasteiger partial charge in [-0.2, -0.15) is 8.42 Å². The quantitative estimate of drug-likeness (QED) is 0.137. The van der Waals surface area contributed by atoms with Gasteiger partial charge in [-0.15, -0.1) is 0 Å². The van der Waals surface area contributed by atoms with Crippen LogP contribution in [-0.4, -0.2) is 64.7 Å². The van der Waals surface area contributed by atoms with Crippen LogP contribution in [0.5, 0.6) is 17.2 Å². The number of ether oxygens (including phenoxy) is 3. The maximum atomic E-state index is 15.2. The first-order valence-electron chi connectivity index (χ1n) is 15.0. The van der Waals surface area contributed by atoms with E-state index in [9.17, 15) is 22.8 Å². The Bertz CT molecular complexity index is 2180. The minimum Gasteiger partial charge on any atom is -0.497 e. The van der Waals surface area contributed by atoms with E-state index in [0.717, 1.165) is 6.07 Å². The number of nitrogens with two attached hydrogens (primary N) is 1. The van der Waals surface area contributed by atoms with Crippen LogP contribution in [0.15, 0.2) is 83.8 Å². The molecule has 2 heterocycles. The number of carbonyl (C=O) groups excluding carboxylic acids is 2. The third-order valence-corrected chi connectivity index (χ3v) is 7.06. The number of halogens is 1. The Morgan fingerprint density at radius 2 is 1.72 bits per heavy atom. The van der Waals surface area contributed by atoms with Crippen LogP contribution in [0.3, 0.4) is 0 Å². The van der Waals surface area contributed by atoms with E-state index < -0.39 is 45.5 Å². The first-order valence-corrected chi connectivity index (χ1v) is 16.9. The smallest absolute Gasteiger partial charge is 0.322 e. The van der Waals surface area contributed by atoms with Crippen molar-refractivity contribution in [1.29, 1.82) is 0 Å². The zero-order valence-corrected chi connectivity index (χ0v) is 28.6. The Balaban J connectivity index is 0.00000105. The van der Waals surface area contributed by atoms with Gasteiger partial charge in [0.15, 0.2) is 11.6 Å². The van der Waals surface area contributed by atoms with Crippen LogP contribution in [0, 0.1) is 12.7 Å². The Morgan fingerprint density at radius 3 is 2.34 bits per heavy atom. The predicted octanol–water partition coefficient (Wildman–Crippen LogP) is 4.47. The van der Waals surface area contributed by atoms with E-state index in [1.54, 1.807) is 86.4 Å². The maximum Gasteiger partial charge on any atom is 0.322 e. The van der Waals surface area contributed by atoms with E-state index in [2.05, 4.69) is 10.3 Å². The van der Waals surface area contributed by atoms with Gasteiger partial charge in [0.2, 0.25) is 0 Å². The summed E-state index contributed by atoms with van der Waals surface area (Å²) in [5, 5.41) is 3.28. The van der Waals surface area contributed by atoms with Gasteiger partial charge in [-0.25, -0.2) is 9.07 Å². The van der Waals surface area contributed by atoms with Gasteiger partial charge in [0, 0.05) is 29.4 Å². The molecule has 14 nitrogen and oxygen atoms in total. The normalized spacial score (nSPS) is 12.3. The Hall–Kier alpha value is -5.58. The van der Waals surface area contributed by atoms with Gasteiger partial charge < -0.3 is 25.3 Å².